The van der Waals surface area contributed by atoms with E-state index in [4.69, 9.17) is 10.5 Å². The molecule has 1 heterocycles. The maximum atomic E-state index is 11.3. The number of rotatable bonds is 6. The number of primary amides is 1. The second-order valence-corrected chi connectivity index (χ2v) is 4.31. The van der Waals surface area contributed by atoms with E-state index in [1.165, 1.54) is 0 Å². The van der Waals surface area contributed by atoms with Crippen LogP contribution in [0.3, 0.4) is 0 Å². The van der Waals surface area contributed by atoms with Crippen molar-refractivity contribution in [3.05, 3.63) is 53.9 Å². The Labute approximate surface area is 117 Å². The van der Waals surface area contributed by atoms with E-state index < -0.39 is 5.91 Å². The Bertz CT molecular complexity index is 599. The lowest BCUT2D eigenvalue weighted by atomic mass is 10.1. The van der Waals surface area contributed by atoms with Crippen LogP contribution in [0.4, 0.5) is 5.69 Å². The standard InChI is InChI=1S/C15H17N3O2/c1-20-12-4-2-3-11(9-12)5-8-18-14-10-17-7-6-13(14)15(16)19/h2-4,6-7,9-10,18H,5,8H2,1H3,(H2,16,19). The maximum absolute atomic E-state index is 11.3. The van der Waals surface area contributed by atoms with Gasteiger partial charge in [-0.2, -0.15) is 0 Å². The minimum atomic E-state index is -0.462. The molecule has 20 heavy (non-hydrogen) atoms. The maximum Gasteiger partial charge on any atom is 0.250 e. The predicted octanol–water partition coefficient (Wildman–Crippen LogP) is 1.84. The van der Waals surface area contributed by atoms with E-state index >= 15 is 0 Å². The van der Waals surface area contributed by atoms with Gasteiger partial charge >= 0.3 is 0 Å². The van der Waals surface area contributed by atoms with Crippen LogP contribution in [0, 0.1) is 0 Å². The lowest BCUT2D eigenvalue weighted by Crippen LogP contribution is -2.15. The largest absolute Gasteiger partial charge is 0.497 e. The van der Waals surface area contributed by atoms with Gasteiger partial charge in [-0.1, -0.05) is 12.1 Å². The Hall–Kier alpha value is -2.56. The van der Waals surface area contributed by atoms with Crippen LogP contribution in [0.2, 0.25) is 0 Å². The van der Waals surface area contributed by atoms with Gasteiger partial charge in [-0.3, -0.25) is 9.78 Å². The lowest BCUT2D eigenvalue weighted by molar-refractivity contribution is 0.100. The van der Waals surface area contributed by atoms with Crippen LogP contribution in [0.15, 0.2) is 42.7 Å². The molecule has 2 rings (SSSR count). The molecule has 0 fully saturated rings. The molecule has 104 valence electrons. The number of hydrogen-bond acceptors (Lipinski definition) is 4. The number of nitrogens with one attached hydrogen (secondary N) is 1. The number of nitrogens with two attached hydrogens (primary N) is 1. The summed E-state index contributed by atoms with van der Waals surface area (Å²) in [5.41, 5.74) is 7.57. The smallest absolute Gasteiger partial charge is 0.250 e. The van der Waals surface area contributed by atoms with E-state index in [2.05, 4.69) is 10.3 Å². The van der Waals surface area contributed by atoms with Crippen molar-refractivity contribution in [1.29, 1.82) is 0 Å². The van der Waals surface area contributed by atoms with Crippen molar-refractivity contribution in [1.82, 2.24) is 4.98 Å². The van der Waals surface area contributed by atoms with Gasteiger partial charge in [-0.25, -0.2) is 0 Å². The second kappa shape index (κ2) is 6.56. The minimum absolute atomic E-state index is 0.450. The molecule has 0 aliphatic carbocycles. The number of amides is 1. The first-order valence-electron chi connectivity index (χ1n) is 6.31. The normalized spacial score (nSPS) is 10.1. The van der Waals surface area contributed by atoms with Crippen LogP contribution >= 0.6 is 0 Å². The molecule has 1 aromatic carbocycles. The molecule has 0 saturated heterocycles. The van der Waals surface area contributed by atoms with Crippen LogP contribution in [0.25, 0.3) is 0 Å². The SMILES string of the molecule is COc1cccc(CCNc2cnccc2C(N)=O)c1. The van der Waals surface area contributed by atoms with Gasteiger partial charge in [0.05, 0.1) is 24.6 Å². The highest BCUT2D eigenvalue weighted by molar-refractivity contribution is 5.98. The average Bonchev–Trinajstić information content (AvgIpc) is 2.48. The van der Waals surface area contributed by atoms with Crippen LogP contribution in [0.1, 0.15) is 15.9 Å². The topological polar surface area (TPSA) is 77.2 Å². The third-order valence-corrected chi connectivity index (χ3v) is 2.95. The van der Waals surface area contributed by atoms with Gasteiger partial charge in [0.25, 0.3) is 5.91 Å². The highest BCUT2D eigenvalue weighted by Crippen LogP contribution is 2.15. The molecule has 0 spiro atoms. The minimum Gasteiger partial charge on any atom is -0.497 e. The molecule has 2 aromatic rings. The van der Waals surface area contributed by atoms with Crippen molar-refractivity contribution >= 4 is 11.6 Å². The highest BCUT2D eigenvalue weighted by Gasteiger charge is 2.06. The molecule has 5 heteroatoms. The second-order valence-electron chi connectivity index (χ2n) is 4.31. The van der Waals surface area contributed by atoms with Crippen molar-refractivity contribution in [3.8, 4) is 5.75 Å². The number of aromatic nitrogens is 1. The Morgan fingerprint density at radius 1 is 1.40 bits per heavy atom. The molecule has 0 bridgehead atoms. The van der Waals surface area contributed by atoms with E-state index in [1.54, 1.807) is 25.6 Å². The van der Waals surface area contributed by atoms with Gasteiger partial charge in [0, 0.05) is 12.7 Å². The fraction of sp³-hybridized carbons (Fsp3) is 0.200. The van der Waals surface area contributed by atoms with E-state index in [9.17, 15) is 4.79 Å². The van der Waals surface area contributed by atoms with Crippen LogP contribution in [0.5, 0.6) is 5.75 Å². The van der Waals surface area contributed by atoms with Gasteiger partial charge in [0.1, 0.15) is 5.75 Å². The molecule has 0 saturated carbocycles. The van der Waals surface area contributed by atoms with Crippen LogP contribution in [-0.4, -0.2) is 24.5 Å². The fourth-order valence-electron chi connectivity index (χ4n) is 1.92. The van der Waals surface area contributed by atoms with Crippen molar-refractivity contribution in [2.75, 3.05) is 19.0 Å². The van der Waals surface area contributed by atoms with Gasteiger partial charge < -0.3 is 15.8 Å². The third kappa shape index (κ3) is 3.47. The van der Waals surface area contributed by atoms with Gasteiger partial charge in [0.2, 0.25) is 0 Å². The number of hydrogen-bond donors (Lipinski definition) is 2. The molecule has 3 N–H and O–H groups in total. The number of pyridine rings is 1. The summed E-state index contributed by atoms with van der Waals surface area (Å²) in [5.74, 6) is 0.373. The van der Waals surface area contributed by atoms with E-state index in [-0.39, 0.29) is 0 Å². The number of nitrogens with zero attached hydrogens (tertiary/aromatic N) is 1. The van der Waals surface area contributed by atoms with Gasteiger partial charge in [0.15, 0.2) is 0 Å². The summed E-state index contributed by atoms with van der Waals surface area (Å²) in [7, 11) is 1.64. The Kier molecular flexibility index (Phi) is 4.55. The summed E-state index contributed by atoms with van der Waals surface area (Å²) in [6.45, 7) is 0.680. The Balaban J connectivity index is 1.97. The molecule has 0 unspecified atom stereocenters. The summed E-state index contributed by atoms with van der Waals surface area (Å²) in [5, 5.41) is 3.18. The molecular weight excluding hydrogens is 254 g/mol. The highest BCUT2D eigenvalue weighted by atomic mass is 16.5. The van der Waals surface area contributed by atoms with Crippen LogP contribution < -0.4 is 15.8 Å². The zero-order valence-corrected chi connectivity index (χ0v) is 11.3. The number of anilines is 1. The Morgan fingerprint density at radius 2 is 2.25 bits per heavy atom. The lowest BCUT2D eigenvalue weighted by Gasteiger charge is -2.09. The monoisotopic (exact) mass is 271 g/mol. The molecule has 0 aliphatic heterocycles. The summed E-state index contributed by atoms with van der Waals surface area (Å²) in [6.07, 6.45) is 3.96. The first-order valence-corrected chi connectivity index (χ1v) is 6.31. The van der Waals surface area contributed by atoms with E-state index in [1.807, 2.05) is 24.3 Å². The van der Waals surface area contributed by atoms with Crippen molar-refractivity contribution < 1.29 is 9.53 Å². The molecule has 5 nitrogen and oxygen atoms in total. The third-order valence-electron chi connectivity index (χ3n) is 2.95. The van der Waals surface area contributed by atoms with Gasteiger partial charge in [-0.05, 0) is 30.2 Å². The summed E-state index contributed by atoms with van der Waals surface area (Å²) in [6, 6.07) is 9.48. The number of carbonyl (C=O) groups excluding carboxylic acids is 1. The molecule has 1 aromatic heterocycles. The first-order chi connectivity index (χ1) is 9.70. The molecule has 0 atom stereocenters. The van der Waals surface area contributed by atoms with Crippen molar-refractivity contribution in [2.24, 2.45) is 5.73 Å². The number of benzene rings is 1. The fourth-order valence-corrected chi connectivity index (χ4v) is 1.92. The Morgan fingerprint density at radius 3 is 3.00 bits per heavy atom. The van der Waals surface area contributed by atoms with Crippen molar-refractivity contribution in [2.45, 2.75) is 6.42 Å². The molecule has 0 aliphatic rings. The molecule has 0 radical (unpaired) electrons. The quantitative estimate of drug-likeness (QED) is 0.840. The van der Waals surface area contributed by atoms with E-state index in [0.29, 0.717) is 17.8 Å². The summed E-state index contributed by atoms with van der Waals surface area (Å²) < 4.78 is 5.18. The van der Waals surface area contributed by atoms with Crippen LogP contribution in [-0.2, 0) is 6.42 Å². The van der Waals surface area contributed by atoms with Gasteiger partial charge in [-0.15, -0.1) is 0 Å². The first kappa shape index (κ1) is 13.9. The summed E-state index contributed by atoms with van der Waals surface area (Å²) in [4.78, 5) is 15.3. The zero-order valence-electron chi connectivity index (χ0n) is 11.3. The molecular formula is C15H17N3O2. The molecule has 1 amide bonds. The predicted molar refractivity (Wildman–Crippen MR) is 77.9 cm³/mol. The number of carbonyl (C=O) groups is 1. The number of ether oxygens (including phenoxy) is 1. The average molecular weight is 271 g/mol. The summed E-state index contributed by atoms with van der Waals surface area (Å²) >= 11 is 0. The van der Waals surface area contributed by atoms with Crippen molar-refractivity contribution in [3.63, 3.8) is 0 Å². The zero-order chi connectivity index (χ0) is 14.4. The number of methoxy groups -OCH3 is 1. The van der Waals surface area contributed by atoms with E-state index in [0.717, 1.165) is 17.7 Å².